The van der Waals surface area contributed by atoms with Crippen molar-refractivity contribution in [1.29, 1.82) is 0 Å². The molecule has 19 nitrogen and oxygen atoms in total. The Morgan fingerprint density at radius 1 is 0.720 bits per heavy atom. The van der Waals surface area contributed by atoms with E-state index in [4.69, 9.17) is 19.2 Å². The first-order valence-corrected chi connectivity index (χ1v) is 6.59. The molecule has 25 heavy (non-hydrogen) atoms. The van der Waals surface area contributed by atoms with Crippen LogP contribution >= 0.6 is 15.6 Å². The first-order chi connectivity index (χ1) is 9.66. The van der Waals surface area contributed by atoms with Gasteiger partial charge < -0.3 is 66.3 Å². The van der Waals surface area contributed by atoms with Crippen molar-refractivity contribution in [2.75, 3.05) is 0 Å². The summed E-state index contributed by atoms with van der Waals surface area (Å²) >= 11 is 0. The summed E-state index contributed by atoms with van der Waals surface area (Å²) in [5, 5.41) is 0. The van der Waals surface area contributed by atoms with Crippen LogP contribution in [0.15, 0.2) is 0 Å². The maximum Gasteiger partial charge on any atom is 0.407 e. The largest absolute Gasteiger partial charge is 0.780 e. The predicted octanol–water partition coefficient (Wildman–Crippen LogP) is -6.83. The average molecular weight is 419 g/mol. The Bertz CT molecular complexity index is 448. The Kier molecular flexibility index (Phi) is 41.1. The quantitative estimate of drug-likeness (QED) is 0.350. The third-order valence-electron chi connectivity index (χ3n) is 0.404. The number of phosphoric acid groups is 2. The second-order valence-electron chi connectivity index (χ2n) is 1.88. The van der Waals surface area contributed by atoms with E-state index in [2.05, 4.69) is 20.5 Å². The fraction of sp³-hybridized carbons (Fsp3) is 0. The van der Waals surface area contributed by atoms with Crippen molar-refractivity contribution in [3.05, 3.63) is 0 Å². The molecule has 0 aliphatic carbocycles. The molecule has 0 unspecified atom stereocenters. The molecule has 0 bridgehead atoms. The Morgan fingerprint density at radius 2 is 0.840 bits per heavy atom. The van der Waals surface area contributed by atoms with Crippen molar-refractivity contribution in [3.8, 4) is 0 Å². The maximum atomic E-state index is 9.44. The monoisotopic (exact) mass is 419 g/mol. The van der Waals surface area contributed by atoms with Crippen LogP contribution in [0.1, 0.15) is 0 Å². The van der Waals surface area contributed by atoms with Crippen molar-refractivity contribution in [2.24, 2.45) is 11.5 Å². The molecule has 2 amide bonds. The molecular formula is C4H11N3O16P2-4. The summed E-state index contributed by atoms with van der Waals surface area (Å²) in [5.41, 5.74) is 8.29. The zero-order chi connectivity index (χ0) is 19.0. The molecule has 0 atom stereocenters. The van der Waals surface area contributed by atoms with E-state index in [0.717, 1.165) is 0 Å². The number of hydrogen-bond acceptors (Lipinski definition) is 15. The van der Waals surface area contributed by atoms with E-state index in [1.165, 1.54) is 0 Å². The molecule has 0 saturated carbocycles. The lowest BCUT2D eigenvalue weighted by Crippen LogP contribution is -2.22. The predicted molar refractivity (Wildman–Crippen MR) is 58.8 cm³/mol. The molecule has 0 fully saturated rings. The SMILES string of the molecule is N.NC(=O)OP(=O)([O-])[O-].NC(=O)OP(=O)([O-])[O-].O.O.O=C=O.O=C=O. The van der Waals surface area contributed by atoms with Crippen molar-refractivity contribution < 1.29 is 77.5 Å². The summed E-state index contributed by atoms with van der Waals surface area (Å²) in [6.07, 6.45) is -2.73. The van der Waals surface area contributed by atoms with Crippen LogP contribution in [-0.4, -0.2) is 35.4 Å². The van der Waals surface area contributed by atoms with Gasteiger partial charge in [0, 0.05) is 0 Å². The zero-order valence-corrected chi connectivity index (χ0v) is 13.3. The molecule has 0 aromatic carbocycles. The Labute approximate surface area is 136 Å². The van der Waals surface area contributed by atoms with Crippen LogP contribution in [0.2, 0.25) is 0 Å². The van der Waals surface area contributed by atoms with Crippen LogP contribution < -0.4 is 37.2 Å². The highest BCUT2D eigenvalue weighted by Gasteiger charge is 1.94. The van der Waals surface area contributed by atoms with Gasteiger partial charge in [-0.1, -0.05) is 0 Å². The van der Waals surface area contributed by atoms with Gasteiger partial charge in [0.15, 0.2) is 0 Å². The van der Waals surface area contributed by atoms with Gasteiger partial charge in [-0.25, -0.2) is 9.59 Å². The number of carbonyl (C=O) groups excluding carboxylic acids is 6. The lowest BCUT2D eigenvalue weighted by atomic mass is 11.3. The minimum atomic E-state index is -5.20. The molecule has 0 rings (SSSR count). The van der Waals surface area contributed by atoms with Crippen molar-refractivity contribution in [3.63, 3.8) is 0 Å². The Hall–Kier alpha value is -2.52. The molecular weight excluding hydrogens is 408 g/mol. The normalized spacial score (nSPS) is 7.52. The van der Waals surface area contributed by atoms with Crippen molar-refractivity contribution in [1.82, 2.24) is 6.15 Å². The van der Waals surface area contributed by atoms with E-state index in [-0.39, 0.29) is 29.4 Å². The van der Waals surface area contributed by atoms with E-state index in [0.29, 0.717) is 0 Å². The van der Waals surface area contributed by atoms with Gasteiger partial charge in [-0.2, -0.15) is 19.2 Å². The molecule has 21 heteroatoms. The van der Waals surface area contributed by atoms with Gasteiger partial charge >= 0.3 is 24.5 Å². The summed E-state index contributed by atoms with van der Waals surface area (Å²) in [5.74, 6) is 0. The maximum absolute atomic E-state index is 9.44. The van der Waals surface area contributed by atoms with Gasteiger partial charge in [0.25, 0.3) is 0 Å². The molecule has 0 saturated heterocycles. The molecule has 0 spiro atoms. The number of phosphoric ester groups is 2. The number of primary amides is 2. The highest BCUT2D eigenvalue weighted by Crippen LogP contribution is 2.23. The number of hydrogen-bond donors (Lipinski definition) is 3. The fourth-order valence-corrected chi connectivity index (χ4v) is 0.661. The lowest BCUT2D eigenvalue weighted by molar-refractivity contribution is -0.338. The summed E-state index contributed by atoms with van der Waals surface area (Å²) < 4.78 is 24.8. The summed E-state index contributed by atoms with van der Waals surface area (Å²) in [6.45, 7) is 0. The topological polar surface area (TPSA) is 397 Å². The van der Waals surface area contributed by atoms with Crippen LogP contribution in [0.3, 0.4) is 0 Å². The van der Waals surface area contributed by atoms with E-state index in [1.807, 2.05) is 0 Å². The molecule has 0 radical (unpaired) electrons. The van der Waals surface area contributed by atoms with E-state index >= 15 is 0 Å². The molecule has 11 N–H and O–H groups in total. The van der Waals surface area contributed by atoms with Gasteiger partial charge in [0.1, 0.15) is 15.6 Å². The minimum Gasteiger partial charge on any atom is -0.780 e. The van der Waals surface area contributed by atoms with E-state index in [1.54, 1.807) is 0 Å². The lowest BCUT2D eigenvalue weighted by Gasteiger charge is -2.26. The fourth-order valence-electron chi connectivity index (χ4n) is 0.220. The van der Waals surface area contributed by atoms with E-state index in [9.17, 15) is 38.3 Å². The number of amides is 2. The van der Waals surface area contributed by atoms with Crippen LogP contribution in [0.4, 0.5) is 9.59 Å². The minimum absolute atomic E-state index is 0. The van der Waals surface area contributed by atoms with Gasteiger partial charge in [0.2, 0.25) is 0 Å². The van der Waals surface area contributed by atoms with Crippen LogP contribution in [0.5, 0.6) is 0 Å². The first kappa shape index (κ1) is 43.3. The summed E-state index contributed by atoms with van der Waals surface area (Å²) in [6, 6.07) is 0. The van der Waals surface area contributed by atoms with Crippen LogP contribution in [0.25, 0.3) is 0 Å². The first-order valence-electron chi connectivity index (χ1n) is 3.67. The Balaban J connectivity index is -0.0000000362. The molecule has 0 aliphatic rings. The summed E-state index contributed by atoms with van der Waals surface area (Å²) in [7, 11) is -10.4. The second-order valence-corrected chi connectivity index (χ2v) is 4.04. The molecule has 0 aliphatic heterocycles. The standard InChI is InChI=1S/2CH4NO5P.2CO2.H3N.2H2O/c2*2-1(3)7-8(4,5)6;2*2-1-3;;;/h2*(H2,2,3)(H2,4,5,6);;;1H3;2*1H2/p-4. The number of rotatable bonds is 2. The van der Waals surface area contributed by atoms with Gasteiger partial charge in [-0.3, -0.25) is 0 Å². The van der Waals surface area contributed by atoms with E-state index < -0.39 is 27.8 Å². The van der Waals surface area contributed by atoms with Gasteiger partial charge in [-0.05, 0) is 0 Å². The van der Waals surface area contributed by atoms with Crippen molar-refractivity contribution >= 4 is 40.1 Å². The third kappa shape index (κ3) is 146. The van der Waals surface area contributed by atoms with Crippen LogP contribution in [-0.2, 0) is 37.4 Å². The molecule has 152 valence electrons. The van der Waals surface area contributed by atoms with Crippen molar-refractivity contribution in [2.45, 2.75) is 0 Å². The number of carbonyl (C=O) groups is 2. The number of nitrogens with two attached hydrogens (primary N) is 2. The summed E-state index contributed by atoms with van der Waals surface area (Å²) in [4.78, 5) is 88.9. The Morgan fingerprint density at radius 3 is 0.840 bits per heavy atom. The second kappa shape index (κ2) is 23.7. The molecule has 0 heterocycles. The zero-order valence-electron chi connectivity index (χ0n) is 11.5. The highest BCUT2D eigenvalue weighted by molar-refractivity contribution is 7.44. The average Bonchev–Trinajstić information content (AvgIpc) is 2.11. The molecule has 0 aromatic heterocycles. The third-order valence-corrected chi connectivity index (χ3v) is 1.21. The highest BCUT2D eigenvalue weighted by atomic mass is 31.2. The smallest absolute Gasteiger partial charge is 0.407 e. The van der Waals surface area contributed by atoms with Gasteiger partial charge in [0.05, 0.1) is 0 Å². The molecule has 0 aromatic rings. The van der Waals surface area contributed by atoms with Gasteiger partial charge in [-0.15, -0.1) is 0 Å². The van der Waals surface area contributed by atoms with Crippen LogP contribution in [0, 0.1) is 0 Å².